The van der Waals surface area contributed by atoms with Crippen LogP contribution in [0, 0.1) is 0 Å². The van der Waals surface area contributed by atoms with Crippen LogP contribution in [0.4, 0.5) is 0 Å². The molecule has 0 spiro atoms. The molecule has 27 heavy (non-hydrogen) atoms. The van der Waals surface area contributed by atoms with Crippen molar-refractivity contribution in [3.63, 3.8) is 0 Å². The third-order valence-electron chi connectivity index (χ3n) is 3.69. The molecule has 0 fully saturated rings. The lowest BCUT2D eigenvalue weighted by Gasteiger charge is -2.14. The number of benzene rings is 2. The average molecular weight is 365 g/mol. The van der Waals surface area contributed by atoms with Gasteiger partial charge in [-0.3, -0.25) is 14.2 Å². The molecule has 2 aromatic carbocycles. The number of carbonyl (C=O) groups excluding carboxylic acids is 2. The molecular weight excluding hydrogens is 350 g/mol. The van der Waals surface area contributed by atoms with E-state index in [1.54, 1.807) is 60.7 Å². The van der Waals surface area contributed by atoms with Gasteiger partial charge in [-0.1, -0.05) is 48.5 Å². The molecule has 0 aliphatic rings. The molecule has 8 nitrogen and oxygen atoms in total. The third kappa shape index (κ3) is 3.60. The number of para-hydroxylation sites is 1. The van der Waals surface area contributed by atoms with Gasteiger partial charge in [0.2, 0.25) is 5.88 Å². The lowest BCUT2D eigenvalue weighted by molar-refractivity contribution is -0.136. The zero-order valence-electron chi connectivity index (χ0n) is 14.0. The van der Waals surface area contributed by atoms with Gasteiger partial charge >= 0.3 is 11.9 Å². The van der Waals surface area contributed by atoms with E-state index in [4.69, 9.17) is 5.73 Å². The Morgan fingerprint density at radius 3 is 2.22 bits per heavy atom. The number of aromatic nitrogens is 2. The Morgan fingerprint density at radius 1 is 1.04 bits per heavy atom. The van der Waals surface area contributed by atoms with Crippen LogP contribution in [0.15, 0.2) is 65.5 Å². The van der Waals surface area contributed by atoms with Gasteiger partial charge in [0, 0.05) is 5.56 Å². The minimum absolute atomic E-state index is 0.131. The average Bonchev–Trinajstić information content (AvgIpc) is 2.68. The summed E-state index contributed by atoms with van der Waals surface area (Å²) in [7, 11) is 0. The number of hydrogen-bond acceptors (Lipinski definition) is 7. The monoisotopic (exact) mass is 365 g/mol. The van der Waals surface area contributed by atoms with Crippen molar-refractivity contribution in [3.8, 4) is 23.0 Å². The molecule has 0 saturated heterocycles. The zero-order valence-corrected chi connectivity index (χ0v) is 14.0. The van der Waals surface area contributed by atoms with Crippen molar-refractivity contribution in [2.24, 2.45) is 5.73 Å². The summed E-state index contributed by atoms with van der Waals surface area (Å²) in [6, 6.07) is 17.2. The van der Waals surface area contributed by atoms with E-state index in [1.807, 2.05) is 0 Å². The fourth-order valence-electron chi connectivity index (χ4n) is 2.48. The van der Waals surface area contributed by atoms with Crippen LogP contribution in [0.1, 0.15) is 10.4 Å². The van der Waals surface area contributed by atoms with Crippen molar-refractivity contribution in [1.82, 2.24) is 9.55 Å². The maximum atomic E-state index is 13.0. The molecule has 0 saturated carbocycles. The molecule has 0 aliphatic heterocycles. The highest BCUT2D eigenvalue weighted by molar-refractivity contribution is 5.98. The Balaban J connectivity index is 2.27. The van der Waals surface area contributed by atoms with Crippen LogP contribution in [-0.4, -0.2) is 33.1 Å². The molecule has 0 unspecified atom stereocenters. The van der Waals surface area contributed by atoms with E-state index in [1.165, 1.54) is 4.57 Å². The SMILES string of the molecule is NCC(=O)OC(=O)c1c(O)nc(-c2ccccc2)n(-c2ccccc2)c1=O. The lowest BCUT2D eigenvalue weighted by atomic mass is 10.2. The Kier molecular flexibility index (Phi) is 5.09. The summed E-state index contributed by atoms with van der Waals surface area (Å²) in [6.45, 7) is -0.547. The maximum absolute atomic E-state index is 13.0. The number of rotatable bonds is 4. The highest BCUT2D eigenvalue weighted by Crippen LogP contribution is 2.23. The molecule has 0 radical (unpaired) electrons. The molecular formula is C19H15N3O5. The van der Waals surface area contributed by atoms with Crippen molar-refractivity contribution in [1.29, 1.82) is 0 Å². The van der Waals surface area contributed by atoms with Crippen molar-refractivity contribution in [3.05, 3.63) is 76.6 Å². The van der Waals surface area contributed by atoms with Crippen LogP contribution in [-0.2, 0) is 9.53 Å². The molecule has 0 amide bonds. The van der Waals surface area contributed by atoms with Gasteiger partial charge in [0.1, 0.15) is 0 Å². The quantitative estimate of drug-likeness (QED) is 0.526. The number of nitrogens with two attached hydrogens (primary N) is 1. The van der Waals surface area contributed by atoms with Gasteiger partial charge in [-0.15, -0.1) is 0 Å². The molecule has 3 aromatic rings. The van der Waals surface area contributed by atoms with E-state index < -0.39 is 35.5 Å². The molecule has 1 aromatic heterocycles. The van der Waals surface area contributed by atoms with Gasteiger partial charge in [0.15, 0.2) is 11.4 Å². The second kappa shape index (κ2) is 7.63. The smallest absolute Gasteiger partial charge is 0.357 e. The third-order valence-corrected chi connectivity index (χ3v) is 3.69. The van der Waals surface area contributed by atoms with E-state index in [9.17, 15) is 19.5 Å². The summed E-state index contributed by atoms with van der Waals surface area (Å²) in [5.74, 6) is -3.05. The number of carbonyl (C=O) groups is 2. The maximum Gasteiger partial charge on any atom is 0.357 e. The topological polar surface area (TPSA) is 125 Å². The Bertz CT molecular complexity index is 1050. The van der Waals surface area contributed by atoms with Crippen molar-refractivity contribution < 1.29 is 19.4 Å². The van der Waals surface area contributed by atoms with E-state index in [0.29, 0.717) is 11.3 Å². The molecule has 8 heteroatoms. The summed E-state index contributed by atoms with van der Waals surface area (Å²) in [4.78, 5) is 40.5. The van der Waals surface area contributed by atoms with E-state index in [2.05, 4.69) is 9.72 Å². The number of ether oxygens (including phenoxy) is 1. The van der Waals surface area contributed by atoms with E-state index in [0.717, 1.165) is 0 Å². The highest BCUT2D eigenvalue weighted by atomic mass is 16.6. The van der Waals surface area contributed by atoms with Crippen LogP contribution < -0.4 is 11.3 Å². The van der Waals surface area contributed by atoms with Crippen LogP contribution >= 0.6 is 0 Å². The Labute approximate surface area is 153 Å². The number of esters is 2. The Hall–Kier alpha value is -3.78. The molecule has 136 valence electrons. The van der Waals surface area contributed by atoms with Gasteiger partial charge < -0.3 is 15.6 Å². The van der Waals surface area contributed by atoms with Gasteiger partial charge in [-0.25, -0.2) is 4.79 Å². The first-order chi connectivity index (χ1) is 13.0. The highest BCUT2D eigenvalue weighted by Gasteiger charge is 2.26. The zero-order chi connectivity index (χ0) is 19.4. The predicted molar refractivity (Wildman–Crippen MR) is 96.4 cm³/mol. The second-order valence-electron chi connectivity index (χ2n) is 5.44. The predicted octanol–water partition coefficient (Wildman–Crippen LogP) is 1.25. The lowest BCUT2D eigenvalue weighted by Crippen LogP contribution is -2.30. The fourth-order valence-corrected chi connectivity index (χ4v) is 2.48. The number of aromatic hydroxyl groups is 1. The first-order valence-electron chi connectivity index (χ1n) is 7.95. The van der Waals surface area contributed by atoms with Crippen LogP contribution in [0.2, 0.25) is 0 Å². The molecule has 0 bridgehead atoms. The molecule has 3 N–H and O–H groups in total. The molecule has 0 atom stereocenters. The molecule has 3 rings (SSSR count). The van der Waals surface area contributed by atoms with Gasteiger partial charge in [-0.2, -0.15) is 4.98 Å². The normalized spacial score (nSPS) is 10.4. The van der Waals surface area contributed by atoms with E-state index in [-0.39, 0.29) is 5.82 Å². The second-order valence-corrected chi connectivity index (χ2v) is 5.44. The summed E-state index contributed by atoms with van der Waals surface area (Å²) >= 11 is 0. The van der Waals surface area contributed by atoms with E-state index >= 15 is 0 Å². The van der Waals surface area contributed by atoms with Crippen LogP contribution in [0.25, 0.3) is 17.1 Å². The fraction of sp³-hybridized carbons (Fsp3) is 0.0526. The molecule has 1 heterocycles. The Morgan fingerprint density at radius 2 is 1.63 bits per heavy atom. The van der Waals surface area contributed by atoms with Crippen LogP contribution in [0.5, 0.6) is 5.88 Å². The molecule has 0 aliphatic carbocycles. The summed E-state index contributed by atoms with van der Waals surface area (Å²) in [6.07, 6.45) is 0. The van der Waals surface area contributed by atoms with Crippen molar-refractivity contribution in [2.75, 3.05) is 6.54 Å². The van der Waals surface area contributed by atoms with Crippen molar-refractivity contribution in [2.45, 2.75) is 0 Å². The number of hydrogen-bond donors (Lipinski definition) is 2. The first kappa shape index (κ1) is 18.0. The summed E-state index contributed by atoms with van der Waals surface area (Å²) < 4.78 is 5.63. The number of nitrogens with zero attached hydrogens (tertiary/aromatic N) is 2. The minimum Gasteiger partial charge on any atom is -0.492 e. The minimum atomic E-state index is -1.32. The van der Waals surface area contributed by atoms with Crippen LogP contribution in [0.3, 0.4) is 0 Å². The van der Waals surface area contributed by atoms with Gasteiger partial charge in [0.05, 0.1) is 12.2 Å². The largest absolute Gasteiger partial charge is 0.492 e. The van der Waals surface area contributed by atoms with Gasteiger partial charge in [0.25, 0.3) is 5.56 Å². The first-order valence-corrected chi connectivity index (χ1v) is 7.95. The standard InChI is InChI=1S/C19H15N3O5/c20-11-14(23)27-19(26)15-17(24)21-16(12-7-3-1-4-8-12)22(18(15)25)13-9-5-2-6-10-13/h1-10,24H,11,20H2. The summed E-state index contributed by atoms with van der Waals surface area (Å²) in [5.41, 5.74) is 4.46. The van der Waals surface area contributed by atoms with Crippen molar-refractivity contribution >= 4 is 11.9 Å². The van der Waals surface area contributed by atoms with Gasteiger partial charge in [-0.05, 0) is 12.1 Å². The summed E-state index contributed by atoms with van der Waals surface area (Å²) in [5, 5.41) is 10.2.